The molecule has 14 heavy (non-hydrogen) atoms. The first-order valence-electron chi connectivity index (χ1n) is 4.57. The number of halogens is 1. The van der Waals surface area contributed by atoms with E-state index in [0.717, 1.165) is 5.56 Å². The molecule has 0 spiro atoms. The van der Waals surface area contributed by atoms with E-state index in [0.29, 0.717) is 0 Å². The van der Waals surface area contributed by atoms with Crippen molar-refractivity contribution in [2.75, 3.05) is 5.32 Å². The second-order valence-electron chi connectivity index (χ2n) is 3.63. The summed E-state index contributed by atoms with van der Waals surface area (Å²) in [4.78, 5) is 11.3. The molecular weight excluding hydrogens is 181 g/mol. The molecule has 1 aromatic rings. The van der Waals surface area contributed by atoms with Crippen molar-refractivity contribution in [1.29, 1.82) is 0 Å². The maximum atomic E-state index is 13.2. The zero-order chi connectivity index (χ0) is 10.7. The maximum absolute atomic E-state index is 13.2. The summed E-state index contributed by atoms with van der Waals surface area (Å²) in [5.74, 6) is -0.714. The van der Waals surface area contributed by atoms with Gasteiger partial charge in [-0.05, 0) is 24.6 Å². The minimum Gasteiger partial charge on any atom is -0.323 e. The van der Waals surface area contributed by atoms with Crippen LogP contribution < -0.4 is 5.32 Å². The van der Waals surface area contributed by atoms with Crippen molar-refractivity contribution in [2.45, 2.75) is 20.8 Å². The summed E-state index contributed by atoms with van der Waals surface area (Å²) < 4.78 is 13.2. The highest BCUT2D eigenvalue weighted by Gasteiger charge is 2.09. The normalized spacial score (nSPS) is 10.4. The Morgan fingerprint density at radius 1 is 1.43 bits per heavy atom. The van der Waals surface area contributed by atoms with E-state index in [1.807, 2.05) is 6.92 Å². The highest BCUT2D eigenvalue weighted by Crippen LogP contribution is 2.16. The minimum absolute atomic E-state index is 0.144. The number of hydrogen-bond acceptors (Lipinski definition) is 1. The number of carbonyl (C=O) groups is 1. The number of amides is 1. The predicted molar refractivity (Wildman–Crippen MR) is 54.6 cm³/mol. The number of rotatable bonds is 2. The Kier molecular flexibility index (Phi) is 3.23. The van der Waals surface area contributed by atoms with Gasteiger partial charge in [0.1, 0.15) is 5.82 Å². The Labute approximate surface area is 83.1 Å². The largest absolute Gasteiger partial charge is 0.323 e. The van der Waals surface area contributed by atoms with Crippen LogP contribution in [0.4, 0.5) is 10.1 Å². The van der Waals surface area contributed by atoms with Gasteiger partial charge in [-0.15, -0.1) is 0 Å². The summed E-state index contributed by atoms with van der Waals surface area (Å²) in [5.41, 5.74) is 1.18. The van der Waals surface area contributed by atoms with Gasteiger partial charge < -0.3 is 5.32 Å². The third-order valence-corrected chi connectivity index (χ3v) is 1.90. The molecule has 2 nitrogen and oxygen atoms in total. The Morgan fingerprint density at radius 3 is 2.64 bits per heavy atom. The van der Waals surface area contributed by atoms with Crippen LogP contribution in [0.5, 0.6) is 0 Å². The van der Waals surface area contributed by atoms with Crippen LogP contribution in [-0.2, 0) is 4.79 Å². The molecule has 1 amide bonds. The van der Waals surface area contributed by atoms with E-state index >= 15 is 0 Å². The van der Waals surface area contributed by atoms with Gasteiger partial charge in [-0.25, -0.2) is 4.39 Å². The molecule has 0 heterocycles. The van der Waals surface area contributed by atoms with Gasteiger partial charge in [0.25, 0.3) is 0 Å². The highest BCUT2D eigenvalue weighted by atomic mass is 19.1. The molecule has 0 saturated carbocycles. The van der Waals surface area contributed by atoms with Gasteiger partial charge in [0.05, 0.1) is 5.69 Å². The van der Waals surface area contributed by atoms with Gasteiger partial charge in [-0.1, -0.05) is 19.9 Å². The molecule has 1 rings (SSSR count). The molecule has 1 aromatic carbocycles. The topological polar surface area (TPSA) is 29.1 Å². The average Bonchev–Trinajstić information content (AvgIpc) is 2.11. The summed E-state index contributed by atoms with van der Waals surface area (Å²) in [5, 5.41) is 2.54. The van der Waals surface area contributed by atoms with Crippen LogP contribution in [0.25, 0.3) is 0 Å². The zero-order valence-corrected chi connectivity index (χ0v) is 8.60. The molecule has 3 heteroatoms. The van der Waals surface area contributed by atoms with Gasteiger partial charge in [-0.3, -0.25) is 4.79 Å². The van der Waals surface area contributed by atoms with Crippen LogP contribution in [0.2, 0.25) is 0 Å². The summed E-state index contributed by atoms with van der Waals surface area (Å²) in [7, 11) is 0. The monoisotopic (exact) mass is 195 g/mol. The third kappa shape index (κ3) is 2.55. The zero-order valence-electron chi connectivity index (χ0n) is 8.60. The molecular formula is C11H14FNO. The SMILES string of the molecule is Cc1ccc(F)c(NC(=O)C(C)C)c1. The lowest BCUT2D eigenvalue weighted by molar-refractivity contribution is -0.118. The molecule has 0 unspecified atom stereocenters. The first-order valence-corrected chi connectivity index (χ1v) is 4.57. The van der Waals surface area contributed by atoms with Crippen LogP contribution in [0.15, 0.2) is 18.2 Å². The summed E-state index contributed by atoms with van der Waals surface area (Å²) in [6.07, 6.45) is 0. The lowest BCUT2D eigenvalue weighted by Crippen LogP contribution is -2.18. The van der Waals surface area contributed by atoms with E-state index in [-0.39, 0.29) is 17.5 Å². The first kappa shape index (κ1) is 10.7. The van der Waals surface area contributed by atoms with Crippen molar-refractivity contribution in [2.24, 2.45) is 5.92 Å². The van der Waals surface area contributed by atoms with Gasteiger partial charge >= 0.3 is 0 Å². The van der Waals surface area contributed by atoms with Crippen LogP contribution in [0.3, 0.4) is 0 Å². The van der Waals surface area contributed by atoms with E-state index in [1.54, 1.807) is 26.0 Å². The van der Waals surface area contributed by atoms with Gasteiger partial charge in [0, 0.05) is 5.92 Å². The molecule has 0 aliphatic carbocycles. The molecule has 0 fully saturated rings. The minimum atomic E-state index is -0.399. The Balaban J connectivity index is 2.86. The number of nitrogens with one attached hydrogen (secondary N) is 1. The fourth-order valence-electron chi connectivity index (χ4n) is 1.01. The first-order chi connectivity index (χ1) is 6.50. The lowest BCUT2D eigenvalue weighted by Gasteiger charge is -2.08. The standard InChI is InChI=1S/C11H14FNO/c1-7(2)11(14)13-10-6-8(3)4-5-9(10)12/h4-7H,1-3H3,(H,13,14). The number of carbonyl (C=O) groups excluding carboxylic acids is 1. The fraction of sp³-hybridized carbons (Fsp3) is 0.364. The number of hydrogen-bond donors (Lipinski definition) is 1. The molecule has 0 aliphatic rings. The van der Waals surface area contributed by atoms with Crippen molar-refractivity contribution in [3.8, 4) is 0 Å². The molecule has 0 radical (unpaired) electrons. The second kappa shape index (κ2) is 4.22. The van der Waals surface area contributed by atoms with E-state index < -0.39 is 5.82 Å². The molecule has 0 aliphatic heterocycles. The molecule has 1 N–H and O–H groups in total. The summed E-state index contributed by atoms with van der Waals surface area (Å²) in [6.45, 7) is 5.39. The number of aryl methyl sites for hydroxylation is 1. The Hall–Kier alpha value is -1.38. The van der Waals surface area contributed by atoms with Crippen LogP contribution in [0.1, 0.15) is 19.4 Å². The molecule has 0 atom stereocenters. The van der Waals surface area contributed by atoms with Gasteiger partial charge in [0.2, 0.25) is 5.91 Å². The predicted octanol–water partition coefficient (Wildman–Crippen LogP) is 2.73. The fourth-order valence-corrected chi connectivity index (χ4v) is 1.01. The van der Waals surface area contributed by atoms with Gasteiger partial charge in [0.15, 0.2) is 0 Å². The van der Waals surface area contributed by atoms with Crippen molar-refractivity contribution < 1.29 is 9.18 Å². The summed E-state index contributed by atoms with van der Waals surface area (Å²) >= 11 is 0. The maximum Gasteiger partial charge on any atom is 0.227 e. The lowest BCUT2D eigenvalue weighted by atomic mass is 10.1. The number of benzene rings is 1. The molecule has 0 aromatic heterocycles. The van der Waals surface area contributed by atoms with E-state index in [1.165, 1.54) is 6.07 Å². The Morgan fingerprint density at radius 2 is 2.07 bits per heavy atom. The second-order valence-corrected chi connectivity index (χ2v) is 3.63. The van der Waals surface area contributed by atoms with E-state index in [9.17, 15) is 9.18 Å². The van der Waals surface area contributed by atoms with E-state index in [4.69, 9.17) is 0 Å². The van der Waals surface area contributed by atoms with Crippen molar-refractivity contribution in [3.63, 3.8) is 0 Å². The van der Waals surface area contributed by atoms with Crippen LogP contribution in [-0.4, -0.2) is 5.91 Å². The molecule has 0 saturated heterocycles. The van der Waals surface area contributed by atoms with Crippen molar-refractivity contribution in [1.82, 2.24) is 0 Å². The quantitative estimate of drug-likeness (QED) is 0.772. The van der Waals surface area contributed by atoms with Crippen molar-refractivity contribution in [3.05, 3.63) is 29.6 Å². The van der Waals surface area contributed by atoms with Crippen molar-refractivity contribution >= 4 is 11.6 Å². The summed E-state index contributed by atoms with van der Waals surface area (Å²) in [6, 6.07) is 4.64. The molecule has 76 valence electrons. The highest BCUT2D eigenvalue weighted by molar-refractivity contribution is 5.92. The number of anilines is 1. The molecule has 0 bridgehead atoms. The van der Waals surface area contributed by atoms with Crippen LogP contribution >= 0.6 is 0 Å². The van der Waals surface area contributed by atoms with Gasteiger partial charge in [-0.2, -0.15) is 0 Å². The smallest absolute Gasteiger partial charge is 0.227 e. The van der Waals surface area contributed by atoms with E-state index in [2.05, 4.69) is 5.32 Å². The average molecular weight is 195 g/mol. The third-order valence-electron chi connectivity index (χ3n) is 1.90. The van der Waals surface area contributed by atoms with Crippen LogP contribution in [0, 0.1) is 18.7 Å². The Bertz CT molecular complexity index is 347.